The topological polar surface area (TPSA) is 44.8 Å². The Morgan fingerprint density at radius 3 is 2.50 bits per heavy atom. The van der Waals surface area contributed by atoms with Gasteiger partial charge in [0.05, 0.1) is 0 Å². The molecular formula is C8H15O4. The Balaban J connectivity index is 3.78. The Morgan fingerprint density at radius 2 is 2.08 bits per heavy atom. The maximum Gasteiger partial charge on any atom is 0.338 e. The second-order valence-corrected chi connectivity index (χ2v) is 2.70. The van der Waals surface area contributed by atoms with Crippen LogP contribution in [0.15, 0.2) is 0 Å². The van der Waals surface area contributed by atoms with Crippen molar-refractivity contribution in [2.45, 2.75) is 26.4 Å². The quantitative estimate of drug-likeness (QED) is 0.356. The minimum Gasteiger partial charge on any atom is -0.460 e. The molecule has 0 spiro atoms. The van der Waals surface area contributed by atoms with Crippen LogP contribution in [0, 0.1) is 7.11 Å². The molecule has 0 aromatic rings. The van der Waals surface area contributed by atoms with Crippen LogP contribution in [0.25, 0.3) is 0 Å². The number of carbonyl (C=O) groups is 1. The van der Waals surface area contributed by atoms with Crippen molar-refractivity contribution in [1.82, 2.24) is 0 Å². The molecule has 0 amide bonds. The highest BCUT2D eigenvalue weighted by Crippen LogP contribution is 2.10. The van der Waals surface area contributed by atoms with Gasteiger partial charge in [-0.1, -0.05) is 0 Å². The van der Waals surface area contributed by atoms with E-state index < -0.39 is 11.6 Å². The van der Waals surface area contributed by atoms with Crippen LogP contribution in [0.3, 0.4) is 0 Å². The van der Waals surface area contributed by atoms with Gasteiger partial charge in [-0.2, -0.15) is 0 Å². The van der Waals surface area contributed by atoms with Crippen molar-refractivity contribution in [3.05, 3.63) is 7.11 Å². The van der Waals surface area contributed by atoms with Gasteiger partial charge in [0.25, 0.3) is 0 Å². The zero-order chi connectivity index (χ0) is 9.61. The second-order valence-electron chi connectivity index (χ2n) is 2.70. The van der Waals surface area contributed by atoms with Gasteiger partial charge >= 0.3 is 5.97 Å². The molecule has 0 aliphatic carbocycles. The molecule has 0 N–H and O–H groups in total. The molecule has 0 aliphatic rings. The van der Waals surface area contributed by atoms with E-state index in [4.69, 9.17) is 9.47 Å². The van der Waals surface area contributed by atoms with Gasteiger partial charge in [-0.15, -0.1) is 0 Å². The first-order valence-electron chi connectivity index (χ1n) is 3.72. The Morgan fingerprint density at radius 1 is 1.50 bits per heavy atom. The van der Waals surface area contributed by atoms with Crippen LogP contribution in [0.1, 0.15) is 20.8 Å². The third-order valence-electron chi connectivity index (χ3n) is 1.33. The molecule has 0 bridgehead atoms. The van der Waals surface area contributed by atoms with Crippen molar-refractivity contribution in [3.8, 4) is 0 Å². The molecule has 12 heavy (non-hydrogen) atoms. The largest absolute Gasteiger partial charge is 0.460 e. The average molecular weight is 175 g/mol. The van der Waals surface area contributed by atoms with Crippen molar-refractivity contribution in [2.24, 2.45) is 0 Å². The van der Waals surface area contributed by atoms with Crippen LogP contribution in [0.2, 0.25) is 0 Å². The number of hydrogen-bond donors (Lipinski definition) is 0. The lowest BCUT2D eigenvalue weighted by molar-refractivity contribution is -0.178. The molecule has 0 rings (SSSR count). The summed E-state index contributed by atoms with van der Waals surface area (Å²) in [4.78, 5) is 11.0. The van der Waals surface area contributed by atoms with Gasteiger partial charge in [-0.25, -0.2) is 4.79 Å². The molecule has 0 fully saturated rings. The first kappa shape index (κ1) is 11.4. The lowest BCUT2D eigenvalue weighted by atomic mass is 10.1. The molecule has 4 nitrogen and oxygen atoms in total. The van der Waals surface area contributed by atoms with Crippen molar-refractivity contribution < 1.29 is 19.0 Å². The number of carbonyl (C=O) groups excluding carboxylic acids is 1. The number of esters is 1. The highest BCUT2D eigenvalue weighted by atomic mass is 16.7. The zero-order valence-electron chi connectivity index (χ0n) is 7.75. The summed E-state index contributed by atoms with van der Waals surface area (Å²) in [6.07, 6.45) is 0. The van der Waals surface area contributed by atoms with Crippen LogP contribution in [-0.2, 0) is 19.0 Å². The Hall–Kier alpha value is -0.610. The summed E-state index contributed by atoms with van der Waals surface area (Å²) in [6, 6.07) is 0. The fraction of sp³-hybridized carbons (Fsp3) is 0.750. The second kappa shape index (κ2) is 5.11. The van der Waals surface area contributed by atoms with Crippen molar-refractivity contribution in [2.75, 3.05) is 13.4 Å². The van der Waals surface area contributed by atoms with Gasteiger partial charge in [0.2, 0.25) is 0 Å². The van der Waals surface area contributed by atoms with E-state index in [0.29, 0.717) is 6.61 Å². The Kier molecular flexibility index (Phi) is 4.85. The fourth-order valence-electron chi connectivity index (χ4n) is 0.505. The Labute approximate surface area is 72.8 Å². The summed E-state index contributed by atoms with van der Waals surface area (Å²) in [5, 5.41) is 0. The number of rotatable bonds is 5. The molecule has 0 aliphatic heterocycles. The minimum absolute atomic E-state index is 0.0819. The first-order chi connectivity index (χ1) is 5.54. The van der Waals surface area contributed by atoms with Gasteiger partial charge in [0.1, 0.15) is 13.9 Å². The van der Waals surface area contributed by atoms with E-state index in [0.717, 1.165) is 0 Å². The van der Waals surface area contributed by atoms with Crippen LogP contribution in [0.5, 0.6) is 0 Å². The lowest BCUT2D eigenvalue weighted by Gasteiger charge is -2.21. The van der Waals surface area contributed by atoms with Crippen molar-refractivity contribution in [3.63, 3.8) is 0 Å². The third kappa shape index (κ3) is 3.69. The van der Waals surface area contributed by atoms with E-state index in [1.54, 1.807) is 13.8 Å². The van der Waals surface area contributed by atoms with Crippen LogP contribution < -0.4 is 0 Å². The molecule has 4 heteroatoms. The third-order valence-corrected chi connectivity index (χ3v) is 1.33. The predicted octanol–water partition coefficient (Wildman–Crippen LogP) is 1.11. The molecule has 1 radical (unpaired) electrons. The first-order valence-corrected chi connectivity index (χ1v) is 3.72. The molecular weight excluding hydrogens is 160 g/mol. The maximum atomic E-state index is 11.0. The summed E-state index contributed by atoms with van der Waals surface area (Å²) >= 11 is 0. The van der Waals surface area contributed by atoms with Gasteiger partial charge in [0, 0.05) is 6.61 Å². The molecule has 0 atom stereocenters. The number of hydrogen-bond acceptors (Lipinski definition) is 4. The summed E-state index contributed by atoms with van der Waals surface area (Å²) in [6.45, 7) is 5.67. The van der Waals surface area contributed by atoms with Crippen molar-refractivity contribution >= 4 is 5.97 Å². The van der Waals surface area contributed by atoms with Crippen LogP contribution >= 0.6 is 0 Å². The molecule has 0 unspecified atom stereocenters. The summed E-state index contributed by atoms with van der Waals surface area (Å²) < 4.78 is 14.3. The van der Waals surface area contributed by atoms with E-state index in [1.165, 1.54) is 0 Å². The van der Waals surface area contributed by atoms with Gasteiger partial charge in [0.15, 0.2) is 5.60 Å². The summed E-state index contributed by atoms with van der Waals surface area (Å²) in [7, 11) is 3.01. The monoisotopic (exact) mass is 175 g/mol. The summed E-state index contributed by atoms with van der Waals surface area (Å²) in [5.41, 5.74) is -0.989. The standard InChI is InChI=1S/C8H15O4/c1-5-11-6-12-8(2,3)7(9)10-4/h4-6H2,1-3H3. The fourth-order valence-corrected chi connectivity index (χ4v) is 0.505. The molecule has 71 valence electrons. The zero-order valence-corrected chi connectivity index (χ0v) is 7.75. The normalized spacial score (nSPS) is 11.3. The SMILES string of the molecule is [CH2]OC(=O)C(C)(C)OCOCC. The predicted molar refractivity (Wildman–Crippen MR) is 43.1 cm³/mol. The van der Waals surface area contributed by atoms with E-state index >= 15 is 0 Å². The Bertz CT molecular complexity index is 142. The maximum absolute atomic E-state index is 11.0. The molecule has 0 saturated heterocycles. The van der Waals surface area contributed by atoms with E-state index in [2.05, 4.69) is 11.8 Å². The number of ether oxygens (including phenoxy) is 3. The van der Waals surface area contributed by atoms with Crippen molar-refractivity contribution in [1.29, 1.82) is 0 Å². The van der Waals surface area contributed by atoms with Gasteiger partial charge in [-0.05, 0) is 20.8 Å². The molecule has 0 saturated carbocycles. The molecule has 0 aromatic heterocycles. The average Bonchev–Trinajstić information content (AvgIpc) is 2.03. The van der Waals surface area contributed by atoms with Crippen LogP contribution in [-0.4, -0.2) is 25.0 Å². The highest BCUT2D eigenvalue weighted by Gasteiger charge is 2.29. The lowest BCUT2D eigenvalue weighted by Crippen LogP contribution is -2.36. The summed E-state index contributed by atoms with van der Waals surface area (Å²) in [5.74, 6) is -0.512. The van der Waals surface area contributed by atoms with Gasteiger partial charge < -0.3 is 14.2 Å². The van der Waals surface area contributed by atoms with E-state index in [9.17, 15) is 4.79 Å². The smallest absolute Gasteiger partial charge is 0.338 e. The van der Waals surface area contributed by atoms with E-state index in [1.807, 2.05) is 6.92 Å². The molecule has 0 heterocycles. The van der Waals surface area contributed by atoms with Gasteiger partial charge in [-0.3, -0.25) is 0 Å². The van der Waals surface area contributed by atoms with Crippen LogP contribution in [0.4, 0.5) is 0 Å². The molecule has 0 aromatic carbocycles. The van der Waals surface area contributed by atoms with E-state index in [-0.39, 0.29) is 6.79 Å². The highest BCUT2D eigenvalue weighted by molar-refractivity contribution is 5.78. The minimum atomic E-state index is -0.989.